The molecule has 1 aliphatic carbocycles. The number of amides is 1. The third-order valence-corrected chi connectivity index (χ3v) is 7.06. The molecule has 1 atom stereocenters. The van der Waals surface area contributed by atoms with E-state index in [0.29, 0.717) is 0 Å². The number of hydrogen-bond donors (Lipinski definition) is 1. The lowest BCUT2D eigenvalue weighted by molar-refractivity contribution is 0.134. The van der Waals surface area contributed by atoms with Crippen LogP contribution < -0.4 is 5.32 Å². The quantitative estimate of drug-likeness (QED) is 0.802. The molecule has 0 bridgehead atoms. The summed E-state index contributed by atoms with van der Waals surface area (Å²) in [5.41, 5.74) is 0.854. The van der Waals surface area contributed by atoms with Crippen LogP contribution in [0.5, 0.6) is 0 Å². The lowest BCUT2D eigenvalue weighted by Gasteiger charge is -2.30. The van der Waals surface area contributed by atoms with Crippen molar-refractivity contribution in [2.24, 2.45) is 5.92 Å². The molecule has 1 fully saturated rings. The van der Waals surface area contributed by atoms with E-state index in [2.05, 4.69) is 5.32 Å². The Morgan fingerprint density at radius 2 is 1.56 bits per heavy atom. The number of alkyl carbamates (subject to hydrolysis) is 1. The van der Waals surface area contributed by atoms with Crippen molar-refractivity contribution in [3.05, 3.63) is 66.2 Å². The molecule has 0 radical (unpaired) electrons. The number of rotatable bonds is 6. The van der Waals surface area contributed by atoms with Crippen LogP contribution in [0.25, 0.3) is 0 Å². The highest BCUT2D eigenvalue weighted by molar-refractivity contribution is 7.92. The standard InChI is InChI=1S/C21H25NO4S/c23-21(26-16-17-10-4-1-5-11-17)22-20(18-12-6-2-7-13-18)27(24,25)19-14-8-3-9-15-19/h1,3-5,8-11,14-15,18,20H,2,6-7,12-13,16H2,(H,22,23)/t20-/m1/s1. The second-order valence-corrected chi connectivity index (χ2v) is 8.95. The molecule has 0 saturated heterocycles. The van der Waals surface area contributed by atoms with Crippen molar-refractivity contribution in [1.29, 1.82) is 0 Å². The number of carbonyl (C=O) groups excluding carboxylic acids is 1. The molecular weight excluding hydrogens is 362 g/mol. The smallest absolute Gasteiger partial charge is 0.408 e. The monoisotopic (exact) mass is 387 g/mol. The summed E-state index contributed by atoms with van der Waals surface area (Å²) in [6, 6.07) is 17.6. The Balaban J connectivity index is 1.74. The third kappa shape index (κ3) is 5.10. The summed E-state index contributed by atoms with van der Waals surface area (Å²) in [6.07, 6.45) is 3.94. The lowest BCUT2D eigenvalue weighted by Crippen LogP contribution is -2.46. The first-order chi connectivity index (χ1) is 13.1. The predicted octanol–water partition coefficient (Wildman–Crippen LogP) is 4.29. The summed E-state index contributed by atoms with van der Waals surface area (Å²) in [6.45, 7) is 0.107. The molecule has 2 aromatic carbocycles. The van der Waals surface area contributed by atoms with Gasteiger partial charge in [-0.1, -0.05) is 67.8 Å². The molecule has 5 nitrogen and oxygen atoms in total. The van der Waals surface area contributed by atoms with Crippen LogP contribution in [0.2, 0.25) is 0 Å². The first-order valence-corrected chi connectivity index (χ1v) is 10.9. The summed E-state index contributed by atoms with van der Waals surface area (Å²) >= 11 is 0. The molecule has 144 valence electrons. The van der Waals surface area contributed by atoms with Crippen LogP contribution in [0.1, 0.15) is 37.7 Å². The number of hydrogen-bond acceptors (Lipinski definition) is 4. The Hall–Kier alpha value is -2.34. The van der Waals surface area contributed by atoms with Gasteiger partial charge in [-0.2, -0.15) is 0 Å². The minimum Gasteiger partial charge on any atom is -0.445 e. The van der Waals surface area contributed by atoms with Gasteiger partial charge in [0.15, 0.2) is 9.84 Å². The van der Waals surface area contributed by atoms with Crippen molar-refractivity contribution in [1.82, 2.24) is 5.32 Å². The molecule has 1 amide bonds. The summed E-state index contributed by atoms with van der Waals surface area (Å²) in [4.78, 5) is 12.6. The highest BCUT2D eigenvalue weighted by atomic mass is 32.2. The Labute approximate surface area is 160 Å². The minimum absolute atomic E-state index is 0.103. The van der Waals surface area contributed by atoms with Crippen LogP contribution in [-0.2, 0) is 21.2 Å². The van der Waals surface area contributed by atoms with Gasteiger partial charge in [-0.25, -0.2) is 13.2 Å². The highest BCUT2D eigenvalue weighted by Crippen LogP contribution is 2.31. The average molecular weight is 388 g/mol. The predicted molar refractivity (Wildman–Crippen MR) is 104 cm³/mol. The van der Waals surface area contributed by atoms with Gasteiger partial charge in [-0.05, 0) is 36.5 Å². The number of ether oxygens (including phenoxy) is 1. The summed E-state index contributed by atoms with van der Waals surface area (Å²) in [5.74, 6) is -0.103. The Kier molecular flexibility index (Phi) is 6.50. The van der Waals surface area contributed by atoms with E-state index in [1.807, 2.05) is 30.3 Å². The van der Waals surface area contributed by atoms with Crippen LogP contribution in [0.4, 0.5) is 4.79 Å². The molecule has 2 aromatic rings. The van der Waals surface area contributed by atoms with E-state index in [9.17, 15) is 13.2 Å². The van der Waals surface area contributed by atoms with Gasteiger partial charge in [-0.15, -0.1) is 0 Å². The van der Waals surface area contributed by atoms with Crippen LogP contribution in [0, 0.1) is 5.92 Å². The minimum atomic E-state index is -3.69. The van der Waals surface area contributed by atoms with Crippen molar-refractivity contribution in [2.45, 2.75) is 49.0 Å². The summed E-state index contributed by atoms with van der Waals surface area (Å²) in [7, 11) is -3.69. The van der Waals surface area contributed by atoms with Gasteiger partial charge in [0.1, 0.15) is 12.0 Å². The second kappa shape index (κ2) is 9.04. The van der Waals surface area contributed by atoms with Crippen molar-refractivity contribution in [2.75, 3.05) is 0 Å². The zero-order valence-corrected chi connectivity index (χ0v) is 16.0. The van der Waals surface area contributed by atoms with Crippen LogP contribution in [0.3, 0.4) is 0 Å². The normalized spacial score (nSPS) is 16.4. The van der Waals surface area contributed by atoms with Gasteiger partial charge >= 0.3 is 6.09 Å². The molecule has 0 heterocycles. The molecule has 1 N–H and O–H groups in total. The fourth-order valence-electron chi connectivity index (χ4n) is 3.52. The van der Waals surface area contributed by atoms with Crippen molar-refractivity contribution in [3.8, 4) is 0 Å². The summed E-state index contributed by atoms with van der Waals surface area (Å²) in [5, 5.41) is 1.68. The van der Waals surface area contributed by atoms with E-state index in [0.717, 1.165) is 37.7 Å². The number of carbonyl (C=O) groups is 1. The van der Waals surface area contributed by atoms with E-state index in [-0.39, 0.29) is 17.4 Å². The van der Waals surface area contributed by atoms with Crippen LogP contribution >= 0.6 is 0 Å². The third-order valence-electron chi connectivity index (χ3n) is 4.96. The topological polar surface area (TPSA) is 72.5 Å². The molecule has 0 aromatic heterocycles. The van der Waals surface area contributed by atoms with Gasteiger partial charge in [-0.3, -0.25) is 0 Å². The first kappa shape index (κ1) is 19.4. The van der Waals surface area contributed by atoms with Gasteiger partial charge in [0.05, 0.1) is 4.90 Å². The number of sulfone groups is 1. The fourth-order valence-corrected chi connectivity index (χ4v) is 5.38. The molecule has 6 heteroatoms. The van der Waals surface area contributed by atoms with Crippen LogP contribution in [0.15, 0.2) is 65.6 Å². The van der Waals surface area contributed by atoms with E-state index in [4.69, 9.17) is 4.74 Å². The number of benzene rings is 2. The molecule has 0 aliphatic heterocycles. The maximum atomic E-state index is 13.2. The molecule has 1 aliphatic rings. The zero-order chi connectivity index (χ0) is 19.1. The van der Waals surface area contributed by atoms with Gasteiger partial charge in [0.2, 0.25) is 0 Å². The zero-order valence-electron chi connectivity index (χ0n) is 15.2. The molecule has 0 spiro atoms. The van der Waals surface area contributed by atoms with Crippen molar-refractivity contribution in [3.63, 3.8) is 0 Å². The Morgan fingerprint density at radius 3 is 2.19 bits per heavy atom. The molecular formula is C21H25NO4S. The van der Waals surface area contributed by atoms with E-state index in [1.54, 1.807) is 30.3 Å². The first-order valence-electron chi connectivity index (χ1n) is 9.33. The second-order valence-electron chi connectivity index (χ2n) is 6.88. The number of nitrogens with one attached hydrogen (secondary N) is 1. The van der Waals surface area contributed by atoms with E-state index < -0.39 is 21.3 Å². The van der Waals surface area contributed by atoms with Crippen molar-refractivity contribution < 1.29 is 17.9 Å². The lowest BCUT2D eigenvalue weighted by atomic mass is 9.89. The van der Waals surface area contributed by atoms with Crippen LogP contribution in [-0.4, -0.2) is 19.9 Å². The maximum absolute atomic E-state index is 13.2. The molecule has 1 saturated carbocycles. The highest BCUT2D eigenvalue weighted by Gasteiger charge is 2.36. The SMILES string of the molecule is O=C(N[C@@H](C1CCCCC1)S(=O)(=O)c1ccccc1)OCc1ccccc1. The summed E-state index contributed by atoms with van der Waals surface area (Å²) < 4.78 is 31.6. The Bertz CT molecular complexity index is 831. The largest absolute Gasteiger partial charge is 0.445 e. The van der Waals surface area contributed by atoms with Gasteiger partial charge in [0, 0.05) is 0 Å². The van der Waals surface area contributed by atoms with E-state index in [1.165, 1.54) is 0 Å². The van der Waals surface area contributed by atoms with Crippen molar-refractivity contribution >= 4 is 15.9 Å². The van der Waals surface area contributed by atoms with Gasteiger partial charge < -0.3 is 10.1 Å². The molecule has 27 heavy (non-hydrogen) atoms. The molecule has 3 rings (SSSR count). The van der Waals surface area contributed by atoms with Gasteiger partial charge in [0.25, 0.3) is 0 Å². The average Bonchev–Trinajstić information content (AvgIpc) is 2.72. The molecule has 0 unspecified atom stereocenters. The maximum Gasteiger partial charge on any atom is 0.408 e. The van der Waals surface area contributed by atoms with E-state index >= 15 is 0 Å². The fraction of sp³-hybridized carbons (Fsp3) is 0.381. The Morgan fingerprint density at radius 1 is 0.963 bits per heavy atom.